The number of carbonyl (C=O) groups is 1. The predicted octanol–water partition coefficient (Wildman–Crippen LogP) is 5.41. The number of nitrogens with one attached hydrogen (secondary N) is 2. The monoisotopic (exact) mass is 456 g/mol. The van der Waals surface area contributed by atoms with Gasteiger partial charge in [0.15, 0.2) is 0 Å². The molecule has 0 atom stereocenters. The minimum atomic E-state index is -0.303. The first kappa shape index (κ1) is 22.8. The number of hydrogen-bond donors (Lipinski definition) is 3. The molecule has 0 aliphatic rings. The van der Waals surface area contributed by atoms with Crippen molar-refractivity contribution >= 4 is 17.4 Å². The largest absolute Gasteiger partial charge is 0.493 e. The molecule has 0 fully saturated rings. The van der Waals surface area contributed by atoms with Crippen molar-refractivity contribution in [2.45, 2.75) is 13.0 Å². The fraction of sp³-hybridized carbons (Fsp3) is 0.111. The lowest BCUT2D eigenvalue weighted by Gasteiger charge is -2.12. The molecular weight excluding hydrogens is 431 g/mol. The molecule has 7 heteroatoms. The average Bonchev–Trinajstić information content (AvgIpc) is 2.85. The maximum Gasteiger partial charge on any atom is 0.319 e. The highest BCUT2D eigenvalue weighted by Gasteiger charge is 2.08. The number of nitrogen functional groups attached to an aromatic ring is 1. The zero-order chi connectivity index (χ0) is 23.8. The summed E-state index contributed by atoms with van der Waals surface area (Å²) < 4.78 is 19.8. The molecule has 172 valence electrons. The van der Waals surface area contributed by atoms with Crippen molar-refractivity contribution in [3.8, 4) is 16.9 Å². The van der Waals surface area contributed by atoms with E-state index in [1.807, 2.05) is 30.3 Å². The topological polar surface area (TPSA) is 89.3 Å². The van der Waals surface area contributed by atoms with Crippen LogP contribution in [0.3, 0.4) is 0 Å². The highest BCUT2D eigenvalue weighted by molar-refractivity contribution is 5.89. The molecule has 3 aromatic carbocycles. The van der Waals surface area contributed by atoms with E-state index in [0.717, 1.165) is 22.3 Å². The van der Waals surface area contributed by atoms with Gasteiger partial charge in [0.25, 0.3) is 0 Å². The Kier molecular flexibility index (Phi) is 7.35. The van der Waals surface area contributed by atoms with Crippen molar-refractivity contribution in [3.05, 3.63) is 108 Å². The van der Waals surface area contributed by atoms with E-state index in [-0.39, 0.29) is 11.8 Å². The molecule has 1 aromatic heterocycles. The second kappa shape index (κ2) is 11.0. The van der Waals surface area contributed by atoms with Crippen molar-refractivity contribution in [2.24, 2.45) is 0 Å². The lowest BCUT2D eigenvalue weighted by Crippen LogP contribution is -2.28. The number of carbonyl (C=O) groups excluding carboxylic acids is 1. The SMILES string of the molecule is Nc1cccc(-c2cc(F)ccc2CCOc2ccc(NC(=O)NCc3cccnc3)cc2)c1. The number of benzene rings is 3. The van der Waals surface area contributed by atoms with Crippen LogP contribution in [0.5, 0.6) is 5.75 Å². The molecule has 34 heavy (non-hydrogen) atoms. The van der Waals surface area contributed by atoms with Crippen molar-refractivity contribution < 1.29 is 13.9 Å². The van der Waals surface area contributed by atoms with Crippen molar-refractivity contribution in [1.29, 1.82) is 0 Å². The van der Waals surface area contributed by atoms with E-state index >= 15 is 0 Å². The molecule has 0 bridgehead atoms. The summed E-state index contributed by atoms with van der Waals surface area (Å²) in [4.78, 5) is 16.1. The Morgan fingerprint density at radius 2 is 1.85 bits per heavy atom. The Hall–Kier alpha value is -4.39. The van der Waals surface area contributed by atoms with Crippen LogP contribution in [0.25, 0.3) is 11.1 Å². The van der Waals surface area contributed by atoms with Gasteiger partial charge in [0.2, 0.25) is 0 Å². The van der Waals surface area contributed by atoms with Crippen LogP contribution in [0, 0.1) is 5.82 Å². The summed E-state index contributed by atoms with van der Waals surface area (Å²) in [5, 5.41) is 5.57. The van der Waals surface area contributed by atoms with Gasteiger partial charge in [-0.1, -0.05) is 24.3 Å². The third kappa shape index (κ3) is 6.32. The van der Waals surface area contributed by atoms with Gasteiger partial charge in [0.1, 0.15) is 11.6 Å². The molecule has 0 unspecified atom stereocenters. The van der Waals surface area contributed by atoms with E-state index in [4.69, 9.17) is 10.5 Å². The Bertz CT molecular complexity index is 1250. The number of aromatic nitrogens is 1. The van der Waals surface area contributed by atoms with Crippen LogP contribution in [0.15, 0.2) is 91.3 Å². The third-order valence-electron chi connectivity index (χ3n) is 5.20. The smallest absolute Gasteiger partial charge is 0.319 e. The minimum absolute atomic E-state index is 0.297. The number of amides is 2. The number of ether oxygens (including phenoxy) is 1. The molecule has 0 saturated heterocycles. The van der Waals surface area contributed by atoms with Gasteiger partial charge >= 0.3 is 6.03 Å². The lowest BCUT2D eigenvalue weighted by atomic mass is 9.97. The maximum atomic E-state index is 13.9. The number of nitrogens with two attached hydrogens (primary N) is 1. The summed E-state index contributed by atoms with van der Waals surface area (Å²) in [6.45, 7) is 0.807. The highest BCUT2D eigenvalue weighted by atomic mass is 19.1. The first-order valence-corrected chi connectivity index (χ1v) is 10.9. The van der Waals surface area contributed by atoms with Crippen LogP contribution in [-0.4, -0.2) is 17.6 Å². The molecular formula is C27H25FN4O2. The predicted molar refractivity (Wildman–Crippen MR) is 132 cm³/mol. The van der Waals surface area contributed by atoms with Crippen LogP contribution in [0.4, 0.5) is 20.6 Å². The second-order valence-electron chi connectivity index (χ2n) is 7.72. The van der Waals surface area contributed by atoms with Gasteiger partial charge < -0.3 is 21.1 Å². The number of nitrogens with zero attached hydrogens (tertiary/aromatic N) is 1. The average molecular weight is 457 g/mol. The minimum Gasteiger partial charge on any atom is -0.493 e. The second-order valence-corrected chi connectivity index (χ2v) is 7.72. The first-order valence-electron chi connectivity index (χ1n) is 10.9. The zero-order valence-corrected chi connectivity index (χ0v) is 18.5. The normalized spacial score (nSPS) is 10.5. The molecule has 2 amide bonds. The van der Waals surface area contributed by atoms with Crippen LogP contribution >= 0.6 is 0 Å². The molecule has 0 spiro atoms. The van der Waals surface area contributed by atoms with Gasteiger partial charge in [-0.2, -0.15) is 0 Å². The molecule has 4 aromatic rings. The number of halogens is 1. The fourth-order valence-electron chi connectivity index (χ4n) is 3.52. The fourth-order valence-corrected chi connectivity index (χ4v) is 3.52. The van der Waals surface area contributed by atoms with Crippen molar-refractivity contribution in [2.75, 3.05) is 17.7 Å². The van der Waals surface area contributed by atoms with E-state index in [1.165, 1.54) is 12.1 Å². The Labute approximate surface area is 197 Å². The molecule has 4 N–H and O–H groups in total. The zero-order valence-electron chi connectivity index (χ0n) is 18.5. The van der Waals surface area contributed by atoms with Crippen LogP contribution in [0.1, 0.15) is 11.1 Å². The molecule has 6 nitrogen and oxygen atoms in total. The summed E-state index contributed by atoms with van der Waals surface area (Å²) in [7, 11) is 0. The van der Waals surface area contributed by atoms with Gasteiger partial charge in [0, 0.05) is 36.7 Å². The van der Waals surface area contributed by atoms with Gasteiger partial charge in [-0.25, -0.2) is 9.18 Å². The van der Waals surface area contributed by atoms with Crippen molar-refractivity contribution in [3.63, 3.8) is 0 Å². The highest BCUT2D eigenvalue weighted by Crippen LogP contribution is 2.27. The number of rotatable bonds is 8. The Morgan fingerprint density at radius 1 is 1.00 bits per heavy atom. The Balaban J connectivity index is 1.30. The number of urea groups is 1. The van der Waals surface area contributed by atoms with Crippen LogP contribution in [-0.2, 0) is 13.0 Å². The molecule has 0 saturated carbocycles. The molecule has 0 aliphatic carbocycles. The molecule has 4 rings (SSSR count). The summed E-state index contributed by atoms with van der Waals surface area (Å²) in [6.07, 6.45) is 3.99. The standard InChI is InChI=1S/C27H25FN4O2/c28-22-7-6-20(26(16-22)21-4-1-5-23(29)15-21)12-14-34-25-10-8-24(9-11-25)32-27(33)31-18-19-3-2-13-30-17-19/h1-11,13,15-17H,12,14,18,29H2,(H2,31,32,33). The van der Waals surface area contributed by atoms with E-state index in [9.17, 15) is 9.18 Å². The summed E-state index contributed by atoms with van der Waals surface area (Å²) in [5.74, 6) is 0.378. The first-order chi connectivity index (χ1) is 16.6. The summed E-state index contributed by atoms with van der Waals surface area (Å²) >= 11 is 0. The summed E-state index contributed by atoms with van der Waals surface area (Å²) in [6, 6.07) is 22.7. The maximum absolute atomic E-state index is 13.9. The van der Waals surface area contributed by atoms with Crippen molar-refractivity contribution in [1.82, 2.24) is 10.3 Å². The third-order valence-corrected chi connectivity index (χ3v) is 5.20. The number of anilines is 2. The molecule has 0 radical (unpaired) electrons. The van der Waals surface area contributed by atoms with E-state index in [0.29, 0.717) is 36.7 Å². The van der Waals surface area contributed by atoms with Crippen LogP contribution < -0.4 is 21.1 Å². The van der Waals surface area contributed by atoms with E-state index in [1.54, 1.807) is 48.8 Å². The van der Waals surface area contributed by atoms with Crippen LogP contribution in [0.2, 0.25) is 0 Å². The number of hydrogen-bond acceptors (Lipinski definition) is 4. The van der Waals surface area contributed by atoms with E-state index in [2.05, 4.69) is 15.6 Å². The van der Waals surface area contributed by atoms with Gasteiger partial charge in [0.05, 0.1) is 6.61 Å². The molecule has 1 heterocycles. The van der Waals surface area contributed by atoms with Gasteiger partial charge in [-0.05, 0) is 76.9 Å². The quantitative estimate of drug-likeness (QED) is 0.309. The van der Waals surface area contributed by atoms with Gasteiger partial charge in [-0.15, -0.1) is 0 Å². The van der Waals surface area contributed by atoms with E-state index < -0.39 is 0 Å². The summed E-state index contributed by atoms with van der Waals surface area (Å²) in [5.41, 5.74) is 10.7. The number of pyridine rings is 1. The molecule has 0 aliphatic heterocycles. The van der Waals surface area contributed by atoms with Gasteiger partial charge in [-0.3, -0.25) is 4.98 Å². The lowest BCUT2D eigenvalue weighted by molar-refractivity contribution is 0.251. The Morgan fingerprint density at radius 3 is 2.62 bits per heavy atom.